The summed E-state index contributed by atoms with van der Waals surface area (Å²) in [5, 5.41) is 3.20. The first-order valence-electron chi connectivity index (χ1n) is 6.47. The molecule has 0 amide bonds. The molecule has 0 aromatic heterocycles. The minimum Gasteiger partial charge on any atom is -0.493 e. The van der Waals surface area contributed by atoms with E-state index in [0.29, 0.717) is 18.0 Å². The van der Waals surface area contributed by atoms with Crippen LogP contribution in [0.3, 0.4) is 0 Å². The molecule has 0 saturated carbocycles. The molecule has 0 aliphatic carbocycles. The normalized spacial score (nSPS) is 13.0. The summed E-state index contributed by atoms with van der Waals surface area (Å²) in [5.41, 5.74) is 1.11. The summed E-state index contributed by atoms with van der Waals surface area (Å²) in [5.74, 6) is 1.56. The second-order valence-corrected chi connectivity index (χ2v) is 7.07. The molecule has 0 fully saturated rings. The number of sulfone groups is 1. The van der Waals surface area contributed by atoms with Crippen molar-refractivity contribution in [2.24, 2.45) is 0 Å². The van der Waals surface area contributed by atoms with Gasteiger partial charge in [-0.15, -0.1) is 0 Å². The van der Waals surface area contributed by atoms with Crippen LogP contribution in [0.15, 0.2) is 18.2 Å². The molecule has 1 unspecified atom stereocenters. The lowest BCUT2D eigenvalue weighted by atomic mass is 10.1. The van der Waals surface area contributed by atoms with Crippen molar-refractivity contribution < 1.29 is 17.9 Å². The standard InChI is InChI=1S/C14H23NO4S/c1-11(10-20(4,16)17)15-8-7-12-5-6-13(18-2)14(9-12)19-3/h5-6,9,11,15H,7-8,10H2,1-4H3. The zero-order chi connectivity index (χ0) is 15.2. The first kappa shape index (κ1) is 16.8. The second-order valence-electron chi connectivity index (χ2n) is 4.89. The monoisotopic (exact) mass is 301 g/mol. The summed E-state index contributed by atoms with van der Waals surface area (Å²) in [6.45, 7) is 2.59. The lowest BCUT2D eigenvalue weighted by Crippen LogP contribution is -2.34. The highest BCUT2D eigenvalue weighted by molar-refractivity contribution is 7.90. The van der Waals surface area contributed by atoms with Gasteiger partial charge in [0.2, 0.25) is 0 Å². The number of hydrogen-bond acceptors (Lipinski definition) is 5. The Morgan fingerprint density at radius 2 is 1.85 bits per heavy atom. The van der Waals surface area contributed by atoms with Crippen LogP contribution < -0.4 is 14.8 Å². The fourth-order valence-electron chi connectivity index (χ4n) is 2.01. The van der Waals surface area contributed by atoms with Crippen LogP contribution in [-0.2, 0) is 16.3 Å². The smallest absolute Gasteiger partial charge is 0.160 e. The second kappa shape index (κ2) is 7.50. The Hall–Kier alpha value is -1.27. The SMILES string of the molecule is COc1ccc(CCNC(C)CS(C)(=O)=O)cc1OC. The maximum atomic E-state index is 11.2. The first-order valence-corrected chi connectivity index (χ1v) is 8.53. The van der Waals surface area contributed by atoms with E-state index in [1.165, 1.54) is 6.26 Å². The van der Waals surface area contributed by atoms with E-state index in [-0.39, 0.29) is 11.8 Å². The molecule has 1 aromatic rings. The van der Waals surface area contributed by atoms with Gasteiger partial charge >= 0.3 is 0 Å². The summed E-state index contributed by atoms with van der Waals surface area (Å²) in [6.07, 6.45) is 2.05. The van der Waals surface area contributed by atoms with Gasteiger partial charge in [0.1, 0.15) is 9.84 Å². The fourth-order valence-corrected chi connectivity index (χ4v) is 3.04. The third kappa shape index (κ3) is 5.79. The van der Waals surface area contributed by atoms with Gasteiger partial charge in [0, 0.05) is 12.3 Å². The minimum absolute atomic E-state index is 0.0508. The van der Waals surface area contributed by atoms with E-state index in [9.17, 15) is 8.42 Å². The van der Waals surface area contributed by atoms with Crippen molar-refractivity contribution in [1.29, 1.82) is 0 Å². The summed E-state index contributed by atoms with van der Waals surface area (Å²) in [7, 11) is 0.271. The third-order valence-electron chi connectivity index (χ3n) is 2.91. The Balaban J connectivity index is 2.50. The number of methoxy groups -OCH3 is 2. The summed E-state index contributed by atoms with van der Waals surface area (Å²) < 4.78 is 32.7. The van der Waals surface area contributed by atoms with E-state index in [2.05, 4.69) is 5.32 Å². The Kier molecular flexibility index (Phi) is 6.29. The van der Waals surface area contributed by atoms with Gasteiger partial charge in [-0.2, -0.15) is 0 Å². The lowest BCUT2D eigenvalue weighted by Gasteiger charge is -2.13. The van der Waals surface area contributed by atoms with Crippen LogP contribution in [0.1, 0.15) is 12.5 Å². The molecule has 1 aromatic carbocycles. The van der Waals surface area contributed by atoms with Gasteiger partial charge in [0.05, 0.1) is 20.0 Å². The third-order valence-corrected chi connectivity index (χ3v) is 4.01. The largest absolute Gasteiger partial charge is 0.493 e. The van der Waals surface area contributed by atoms with Gasteiger partial charge in [-0.1, -0.05) is 6.07 Å². The Morgan fingerprint density at radius 3 is 2.40 bits per heavy atom. The van der Waals surface area contributed by atoms with Gasteiger partial charge in [0.25, 0.3) is 0 Å². The van der Waals surface area contributed by atoms with Crippen molar-refractivity contribution in [3.63, 3.8) is 0 Å². The topological polar surface area (TPSA) is 64.6 Å². The summed E-state index contributed by atoms with van der Waals surface area (Å²) in [4.78, 5) is 0. The molecule has 0 saturated heterocycles. The van der Waals surface area contributed by atoms with Crippen molar-refractivity contribution in [3.05, 3.63) is 23.8 Å². The van der Waals surface area contributed by atoms with Crippen molar-refractivity contribution in [1.82, 2.24) is 5.32 Å². The molecule has 1 N–H and O–H groups in total. The molecule has 0 aliphatic heterocycles. The van der Waals surface area contributed by atoms with E-state index >= 15 is 0 Å². The molecule has 0 aliphatic rings. The number of nitrogens with one attached hydrogen (secondary N) is 1. The number of benzene rings is 1. The quantitative estimate of drug-likeness (QED) is 0.783. The molecule has 0 radical (unpaired) electrons. The maximum Gasteiger partial charge on any atom is 0.160 e. The highest BCUT2D eigenvalue weighted by Crippen LogP contribution is 2.27. The van der Waals surface area contributed by atoms with E-state index < -0.39 is 9.84 Å². The van der Waals surface area contributed by atoms with Gasteiger partial charge in [-0.05, 0) is 37.6 Å². The lowest BCUT2D eigenvalue weighted by molar-refractivity contribution is 0.354. The highest BCUT2D eigenvalue weighted by atomic mass is 32.2. The zero-order valence-electron chi connectivity index (χ0n) is 12.5. The summed E-state index contributed by atoms with van der Waals surface area (Å²) in [6, 6.07) is 5.73. The molecule has 1 rings (SSSR count). The zero-order valence-corrected chi connectivity index (χ0v) is 13.3. The molecule has 20 heavy (non-hydrogen) atoms. The van der Waals surface area contributed by atoms with Gasteiger partial charge < -0.3 is 14.8 Å². The number of ether oxygens (including phenoxy) is 2. The average Bonchev–Trinajstić information content (AvgIpc) is 2.36. The molecule has 0 spiro atoms. The van der Waals surface area contributed by atoms with Crippen LogP contribution in [0.4, 0.5) is 0 Å². The van der Waals surface area contributed by atoms with E-state index in [1.54, 1.807) is 14.2 Å². The van der Waals surface area contributed by atoms with Crippen LogP contribution in [0.25, 0.3) is 0 Å². The van der Waals surface area contributed by atoms with Crippen LogP contribution in [0, 0.1) is 0 Å². The van der Waals surface area contributed by atoms with Crippen molar-refractivity contribution in [2.75, 3.05) is 32.8 Å². The molecule has 0 heterocycles. The molecule has 6 heteroatoms. The molecule has 114 valence electrons. The first-order chi connectivity index (χ1) is 9.35. The van der Waals surface area contributed by atoms with Gasteiger partial charge in [-0.3, -0.25) is 0 Å². The minimum atomic E-state index is -2.94. The highest BCUT2D eigenvalue weighted by Gasteiger charge is 2.10. The molecular formula is C14H23NO4S. The Morgan fingerprint density at radius 1 is 1.20 bits per heavy atom. The Labute approximate surface area is 121 Å². The molecule has 5 nitrogen and oxygen atoms in total. The van der Waals surface area contributed by atoms with Crippen LogP contribution in [0.5, 0.6) is 11.5 Å². The fraction of sp³-hybridized carbons (Fsp3) is 0.571. The van der Waals surface area contributed by atoms with Gasteiger partial charge in [0.15, 0.2) is 11.5 Å². The predicted molar refractivity (Wildman–Crippen MR) is 80.4 cm³/mol. The predicted octanol–water partition coefficient (Wildman–Crippen LogP) is 1.27. The Bertz CT molecular complexity index is 528. The summed E-state index contributed by atoms with van der Waals surface area (Å²) >= 11 is 0. The molecule has 0 bridgehead atoms. The maximum absolute atomic E-state index is 11.2. The van der Waals surface area contributed by atoms with E-state index in [0.717, 1.165) is 12.0 Å². The number of rotatable bonds is 8. The van der Waals surface area contributed by atoms with E-state index in [1.807, 2.05) is 25.1 Å². The molecular weight excluding hydrogens is 278 g/mol. The van der Waals surface area contributed by atoms with Crippen molar-refractivity contribution >= 4 is 9.84 Å². The van der Waals surface area contributed by atoms with Crippen molar-refractivity contribution in [2.45, 2.75) is 19.4 Å². The van der Waals surface area contributed by atoms with Gasteiger partial charge in [-0.25, -0.2) is 8.42 Å². The molecule has 1 atom stereocenters. The van der Waals surface area contributed by atoms with Crippen LogP contribution in [0.2, 0.25) is 0 Å². The average molecular weight is 301 g/mol. The van der Waals surface area contributed by atoms with Crippen LogP contribution >= 0.6 is 0 Å². The van der Waals surface area contributed by atoms with Crippen molar-refractivity contribution in [3.8, 4) is 11.5 Å². The van der Waals surface area contributed by atoms with E-state index in [4.69, 9.17) is 9.47 Å². The number of hydrogen-bond donors (Lipinski definition) is 1. The van der Waals surface area contributed by atoms with Crippen LogP contribution in [-0.4, -0.2) is 47.2 Å².